The van der Waals surface area contributed by atoms with E-state index in [1.807, 2.05) is 47.5 Å². The molecule has 0 N–H and O–H groups in total. The van der Waals surface area contributed by atoms with E-state index in [-0.39, 0.29) is 24.5 Å². The smallest absolute Gasteiger partial charge is 0.348 e. The summed E-state index contributed by atoms with van der Waals surface area (Å²) in [5.41, 5.74) is 3.08. The minimum Gasteiger partial charge on any atom is -0.462 e. The van der Waals surface area contributed by atoms with Crippen LogP contribution < -0.4 is 4.90 Å². The number of ketones is 1. The van der Waals surface area contributed by atoms with Crippen molar-refractivity contribution in [1.29, 1.82) is 5.26 Å². The number of hydrogen-bond acceptors (Lipinski definition) is 5. The van der Waals surface area contributed by atoms with Crippen molar-refractivity contribution >= 4 is 34.6 Å². The van der Waals surface area contributed by atoms with Crippen molar-refractivity contribution in [3.63, 3.8) is 0 Å². The zero-order chi connectivity index (χ0) is 21.5. The molecular formula is C24H19ClN2O3. The van der Waals surface area contributed by atoms with E-state index in [0.29, 0.717) is 10.6 Å². The van der Waals surface area contributed by atoms with Crippen molar-refractivity contribution in [3.05, 3.63) is 94.7 Å². The van der Waals surface area contributed by atoms with Crippen molar-refractivity contribution in [2.45, 2.75) is 6.92 Å². The SMILES string of the molecule is CCOC(=O)C(C#N)=CC=C1C=CN(CC(=O)c2ccc(Cl)cc2)c2ccccc21. The van der Waals surface area contributed by atoms with E-state index in [9.17, 15) is 14.9 Å². The molecule has 1 aliphatic heterocycles. The highest BCUT2D eigenvalue weighted by molar-refractivity contribution is 6.30. The number of benzene rings is 2. The summed E-state index contributed by atoms with van der Waals surface area (Å²) >= 11 is 5.90. The third-order valence-electron chi connectivity index (χ3n) is 4.48. The van der Waals surface area contributed by atoms with E-state index in [1.165, 1.54) is 6.08 Å². The maximum Gasteiger partial charge on any atom is 0.348 e. The summed E-state index contributed by atoms with van der Waals surface area (Å²) in [6.07, 6.45) is 6.80. The number of allylic oxidation sites excluding steroid dienone is 4. The molecule has 3 rings (SSSR count). The third kappa shape index (κ3) is 4.86. The van der Waals surface area contributed by atoms with Crippen LogP contribution in [0.3, 0.4) is 0 Å². The zero-order valence-electron chi connectivity index (χ0n) is 16.3. The van der Waals surface area contributed by atoms with E-state index in [0.717, 1.165) is 16.8 Å². The lowest BCUT2D eigenvalue weighted by Gasteiger charge is -2.27. The molecule has 2 aromatic rings. The summed E-state index contributed by atoms with van der Waals surface area (Å²) < 4.78 is 4.88. The van der Waals surface area contributed by atoms with Gasteiger partial charge < -0.3 is 9.64 Å². The molecule has 6 heteroatoms. The Kier molecular flexibility index (Phi) is 6.84. The Hall–Kier alpha value is -3.62. The summed E-state index contributed by atoms with van der Waals surface area (Å²) in [6, 6.07) is 16.3. The fraction of sp³-hybridized carbons (Fsp3) is 0.125. The average molecular weight is 419 g/mol. The second kappa shape index (κ2) is 9.73. The lowest BCUT2D eigenvalue weighted by Crippen LogP contribution is -2.27. The second-order valence-electron chi connectivity index (χ2n) is 6.43. The molecular weight excluding hydrogens is 400 g/mol. The number of carbonyl (C=O) groups excluding carboxylic acids is 2. The van der Waals surface area contributed by atoms with Gasteiger partial charge in [0.2, 0.25) is 0 Å². The molecule has 0 bridgehead atoms. The molecule has 1 aliphatic rings. The van der Waals surface area contributed by atoms with Gasteiger partial charge in [-0.2, -0.15) is 5.26 Å². The van der Waals surface area contributed by atoms with Crippen LogP contribution in [0.1, 0.15) is 22.8 Å². The Morgan fingerprint density at radius 2 is 1.90 bits per heavy atom. The fourth-order valence-corrected chi connectivity index (χ4v) is 3.13. The summed E-state index contributed by atoms with van der Waals surface area (Å²) in [4.78, 5) is 26.3. The minimum atomic E-state index is -0.653. The highest BCUT2D eigenvalue weighted by Gasteiger charge is 2.19. The van der Waals surface area contributed by atoms with Crippen LogP contribution in [0.2, 0.25) is 5.02 Å². The molecule has 0 saturated carbocycles. The maximum absolute atomic E-state index is 12.7. The molecule has 0 amide bonds. The lowest BCUT2D eigenvalue weighted by molar-refractivity contribution is -0.138. The highest BCUT2D eigenvalue weighted by Crippen LogP contribution is 2.33. The van der Waals surface area contributed by atoms with Gasteiger partial charge >= 0.3 is 5.97 Å². The number of anilines is 1. The van der Waals surface area contributed by atoms with Crippen molar-refractivity contribution in [1.82, 2.24) is 0 Å². The number of esters is 1. The molecule has 1 heterocycles. The Bertz CT molecular complexity index is 1090. The number of nitriles is 1. The molecule has 150 valence electrons. The molecule has 0 saturated heterocycles. The zero-order valence-corrected chi connectivity index (χ0v) is 17.1. The van der Waals surface area contributed by atoms with Crippen molar-refractivity contribution in [2.24, 2.45) is 0 Å². The van der Waals surface area contributed by atoms with Crippen LogP contribution in [0, 0.1) is 11.3 Å². The normalized spacial score (nSPS) is 14.2. The van der Waals surface area contributed by atoms with Crippen molar-refractivity contribution in [3.8, 4) is 6.07 Å². The van der Waals surface area contributed by atoms with Gasteiger partial charge in [0.1, 0.15) is 11.6 Å². The molecule has 0 unspecified atom stereocenters. The number of rotatable bonds is 6. The molecule has 30 heavy (non-hydrogen) atoms. The predicted molar refractivity (Wildman–Crippen MR) is 117 cm³/mol. The molecule has 0 spiro atoms. The van der Waals surface area contributed by atoms with Crippen LogP contribution >= 0.6 is 11.6 Å². The number of para-hydroxylation sites is 1. The lowest BCUT2D eigenvalue weighted by atomic mass is 9.98. The molecule has 0 aliphatic carbocycles. The maximum atomic E-state index is 12.7. The Labute approximate surface area is 180 Å². The monoisotopic (exact) mass is 418 g/mol. The minimum absolute atomic E-state index is 0.0347. The number of fused-ring (bicyclic) bond motifs is 1. The van der Waals surface area contributed by atoms with Gasteiger partial charge in [-0.3, -0.25) is 4.79 Å². The van der Waals surface area contributed by atoms with Gasteiger partial charge in [0.25, 0.3) is 0 Å². The molecule has 0 aromatic heterocycles. The summed E-state index contributed by atoms with van der Waals surface area (Å²) in [7, 11) is 0. The van der Waals surface area contributed by atoms with Crippen molar-refractivity contribution < 1.29 is 14.3 Å². The number of hydrogen-bond donors (Lipinski definition) is 0. The second-order valence-corrected chi connectivity index (χ2v) is 6.86. The van der Waals surface area contributed by atoms with Gasteiger partial charge in [-0.05, 0) is 55.0 Å². The van der Waals surface area contributed by atoms with Gasteiger partial charge in [-0.25, -0.2) is 4.79 Å². The van der Waals surface area contributed by atoms with Crippen LogP contribution in [-0.2, 0) is 9.53 Å². The Balaban J connectivity index is 1.87. The Morgan fingerprint density at radius 3 is 2.60 bits per heavy atom. The van der Waals surface area contributed by atoms with Crippen LogP contribution in [0.4, 0.5) is 5.69 Å². The number of ether oxygens (including phenoxy) is 1. The van der Waals surface area contributed by atoms with E-state index in [1.54, 1.807) is 37.3 Å². The number of Topliss-reactive ketones (excluding diaryl/α,β-unsaturated/α-hetero) is 1. The quantitative estimate of drug-likeness (QED) is 0.287. The average Bonchev–Trinajstić information content (AvgIpc) is 2.76. The largest absolute Gasteiger partial charge is 0.462 e. The van der Waals surface area contributed by atoms with E-state index in [2.05, 4.69) is 0 Å². The van der Waals surface area contributed by atoms with Gasteiger partial charge in [-0.15, -0.1) is 0 Å². The topological polar surface area (TPSA) is 70.4 Å². The number of carbonyl (C=O) groups is 2. The van der Waals surface area contributed by atoms with Crippen molar-refractivity contribution in [2.75, 3.05) is 18.1 Å². The highest BCUT2D eigenvalue weighted by atomic mass is 35.5. The first kappa shape index (κ1) is 21.1. The molecule has 2 aromatic carbocycles. The van der Waals surface area contributed by atoms with Gasteiger partial charge in [0, 0.05) is 28.0 Å². The van der Waals surface area contributed by atoms with Gasteiger partial charge in [0.15, 0.2) is 5.78 Å². The third-order valence-corrected chi connectivity index (χ3v) is 4.74. The first-order valence-electron chi connectivity index (χ1n) is 9.35. The number of nitrogens with zero attached hydrogens (tertiary/aromatic N) is 2. The molecule has 0 atom stereocenters. The fourth-order valence-electron chi connectivity index (χ4n) is 3.01. The van der Waals surface area contributed by atoms with Crippen LogP contribution in [-0.4, -0.2) is 24.9 Å². The first-order valence-corrected chi connectivity index (χ1v) is 9.73. The standard InChI is InChI=1S/C24H19ClN2O3/c1-2-30-24(29)19(15-26)8-7-17-13-14-27(22-6-4-3-5-21(17)22)16-23(28)18-9-11-20(25)12-10-18/h3-14H,2,16H2,1H3. The summed E-state index contributed by atoms with van der Waals surface area (Å²) in [5.74, 6) is -0.687. The summed E-state index contributed by atoms with van der Waals surface area (Å²) in [6.45, 7) is 2.06. The molecule has 0 fully saturated rings. The Morgan fingerprint density at radius 1 is 1.17 bits per heavy atom. The predicted octanol–water partition coefficient (Wildman–Crippen LogP) is 4.95. The van der Waals surface area contributed by atoms with E-state index in [4.69, 9.17) is 16.3 Å². The molecule has 5 nitrogen and oxygen atoms in total. The van der Waals surface area contributed by atoms with E-state index >= 15 is 0 Å². The van der Waals surface area contributed by atoms with Crippen LogP contribution in [0.15, 0.2) is 78.5 Å². The first-order chi connectivity index (χ1) is 14.5. The number of halogens is 1. The van der Waals surface area contributed by atoms with Gasteiger partial charge in [0.05, 0.1) is 13.2 Å². The van der Waals surface area contributed by atoms with E-state index < -0.39 is 5.97 Å². The van der Waals surface area contributed by atoms with Crippen LogP contribution in [0.25, 0.3) is 5.57 Å². The molecule has 0 radical (unpaired) electrons. The van der Waals surface area contributed by atoms with Crippen LogP contribution in [0.5, 0.6) is 0 Å². The van der Waals surface area contributed by atoms with Gasteiger partial charge in [-0.1, -0.05) is 35.9 Å². The summed E-state index contributed by atoms with van der Waals surface area (Å²) in [5, 5.41) is 9.77.